The third kappa shape index (κ3) is 1.84. The van der Waals surface area contributed by atoms with Crippen LogP contribution in [0.5, 0.6) is 0 Å². The Morgan fingerprint density at radius 3 is 2.57 bits per heavy atom. The highest BCUT2D eigenvalue weighted by Gasteiger charge is 2.38. The third-order valence-corrected chi connectivity index (χ3v) is 1.62. The summed E-state index contributed by atoms with van der Waals surface area (Å²) in [6.45, 7) is 1.60. The average Bonchev–Trinajstić information content (AvgIpc) is 2.47. The minimum atomic E-state index is -4.51. The molecule has 1 aromatic rings. The predicted molar refractivity (Wildman–Crippen MR) is 40.0 cm³/mol. The maximum absolute atomic E-state index is 12.4. The quantitative estimate of drug-likeness (QED) is 0.731. The summed E-state index contributed by atoms with van der Waals surface area (Å²) in [6.07, 6.45) is -4.89. The Labute approximate surface area is 77.9 Å². The van der Waals surface area contributed by atoms with Gasteiger partial charge in [-0.15, -0.1) is 5.10 Å². The van der Waals surface area contributed by atoms with Crippen LogP contribution < -0.4 is 0 Å². The van der Waals surface area contributed by atoms with Gasteiger partial charge in [-0.1, -0.05) is 5.21 Å². The van der Waals surface area contributed by atoms with E-state index in [1.54, 1.807) is 6.07 Å². The fourth-order valence-corrected chi connectivity index (χ4v) is 1.07. The lowest BCUT2D eigenvalue weighted by atomic mass is 10.2. The lowest BCUT2D eigenvalue weighted by Gasteiger charge is -2.08. The minimum absolute atomic E-state index is 0.0767. The molecule has 1 heterocycles. The second-order valence-corrected chi connectivity index (χ2v) is 2.53. The van der Waals surface area contributed by atoms with E-state index in [1.165, 1.54) is 6.92 Å². The van der Waals surface area contributed by atoms with Crippen LogP contribution in [0.15, 0.2) is 0 Å². The first-order chi connectivity index (χ1) is 6.50. The molecule has 0 aliphatic rings. The highest BCUT2D eigenvalue weighted by Crippen LogP contribution is 2.31. The summed E-state index contributed by atoms with van der Waals surface area (Å²) in [5, 5.41) is 14.9. The van der Waals surface area contributed by atoms with E-state index < -0.39 is 11.9 Å². The van der Waals surface area contributed by atoms with Gasteiger partial charge in [-0.25, -0.2) is 4.68 Å². The zero-order valence-electron chi connectivity index (χ0n) is 7.34. The molecule has 7 heteroatoms. The van der Waals surface area contributed by atoms with Gasteiger partial charge in [0.15, 0.2) is 5.69 Å². The van der Waals surface area contributed by atoms with Gasteiger partial charge < -0.3 is 0 Å². The van der Waals surface area contributed by atoms with Crippen LogP contribution >= 0.6 is 0 Å². The van der Waals surface area contributed by atoms with Gasteiger partial charge in [0.05, 0.1) is 12.5 Å². The van der Waals surface area contributed by atoms with Crippen LogP contribution in [-0.4, -0.2) is 15.0 Å². The van der Waals surface area contributed by atoms with Crippen molar-refractivity contribution in [2.75, 3.05) is 0 Å². The van der Waals surface area contributed by atoms with Crippen molar-refractivity contribution in [2.45, 2.75) is 26.1 Å². The second kappa shape index (κ2) is 3.65. The van der Waals surface area contributed by atoms with E-state index in [2.05, 4.69) is 10.3 Å². The lowest BCUT2D eigenvalue weighted by Crippen LogP contribution is -2.15. The molecule has 4 nitrogen and oxygen atoms in total. The second-order valence-electron chi connectivity index (χ2n) is 2.53. The van der Waals surface area contributed by atoms with Crippen molar-refractivity contribution in [2.24, 2.45) is 0 Å². The Morgan fingerprint density at radius 1 is 1.50 bits per heavy atom. The molecule has 0 aromatic carbocycles. The van der Waals surface area contributed by atoms with E-state index >= 15 is 0 Å². The molecule has 0 saturated heterocycles. The molecule has 1 rings (SSSR count). The predicted octanol–water partition coefficient (Wildman–Crippen LogP) is 1.38. The van der Waals surface area contributed by atoms with Crippen LogP contribution in [0.4, 0.5) is 13.2 Å². The van der Waals surface area contributed by atoms with E-state index in [1.807, 2.05) is 0 Å². The number of nitrogens with zero attached hydrogens (tertiary/aromatic N) is 4. The molecule has 0 saturated carbocycles. The summed E-state index contributed by atoms with van der Waals surface area (Å²) in [4.78, 5) is 0. The van der Waals surface area contributed by atoms with Crippen LogP contribution in [0.1, 0.15) is 18.3 Å². The van der Waals surface area contributed by atoms with Crippen LogP contribution in [0.25, 0.3) is 0 Å². The first-order valence-electron chi connectivity index (χ1n) is 3.87. The van der Waals surface area contributed by atoms with Crippen LogP contribution in [0.2, 0.25) is 0 Å². The van der Waals surface area contributed by atoms with Gasteiger partial charge in [0, 0.05) is 6.54 Å². The third-order valence-electron chi connectivity index (χ3n) is 1.62. The maximum atomic E-state index is 12.4. The van der Waals surface area contributed by atoms with E-state index in [0.29, 0.717) is 0 Å². The van der Waals surface area contributed by atoms with Gasteiger partial charge in [0.1, 0.15) is 5.69 Å². The van der Waals surface area contributed by atoms with E-state index in [4.69, 9.17) is 5.26 Å². The number of nitriles is 1. The number of aryl methyl sites for hydroxylation is 1. The topological polar surface area (TPSA) is 54.5 Å². The van der Waals surface area contributed by atoms with Crippen molar-refractivity contribution in [3.05, 3.63) is 11.4 Å². The molecule has 1 aromatic heterocycles. The molecule has 14 heavy (non-hydrogen) atoms. The largest absolute Gasteiger partial charge is 0.434 e. The first kappa shape index (κ1) is 10.5. The summed E-state index contributed by atoms with van der Waals surface area (Å²) in [6, 6.07) is 1.62. The Kier molecular flexibility index (Phi) is 2.74. The number of hydrogen-bond donors (Lipinski definition) is 0. The van der Waals surface area contributed by atoms with Gasteiger partial charge in [0.25, 0.3) is 0 Å². The monoisotopic (exact) mass is 204 g/mol. The fourth-order valence-electron chi connectivity index (χ4n) is 1.07. The summed E-state index contributed by atoms with van der Waals surface area (Å²) in [7, 11) is 0. The van der Waals surface area contributed by atoms with Crippen molar-refractivity contribution in [3.8, 4) is 6.07 Å². The van der Waals surface area contributed by atoms with Crippen molar-refractivity contribution in [1.29, 1.82) is 5.26 Å². The molecule has 0 bridgehead atoms. The highest BCUT2D eigenvalue weighted by atomic mass is 19.4. The van der Waals surface area contributed by atoms with Crippen LogP contribution in [0.3, 0.4) is 0 Å². The zero-order chi connectivity index (χ0) is 10.8. The number of alkyl halides is 3. The van der Waals surface area contributed by atoms with E-state index in [0.717, 1.165) is 4.68 Å². The minimum Gasteiger partial charge on any atom is -0.240 e. The first-order valence-corrected chi connectivity index (χ1v) is 3.87. The Balaban J connectivity index is 3.21. The number of hydrogen-bond acceptors (Lipinski definition) is 3. The molecule has 0 unspecified atom stereocenters. The smallest absolute Gasteiger partial charge is 0.240 e. The zero-order valence-corrected chi connectivity index (χ0v) is 7.34. The van der Waals surface area contributed by atoms with Gasteiger partial charge in [0.2, 0.25) is 0 Å². The Hall–Kier alpha value is -1.58. The normalized spacial score (nSPS) is 11.4. The molecule has 0 atom stereocenters. The Morgan fingerprint density at radius 2 is 2.14 bits per heavy atom. The number of rotatable bonds is 2. The summed E-state index contributed by atoms with van der Waals surface area (Å²) >= 11 is 0. The van der Waals surface area contributed by atoms with Crippen molar-refractivity contribution >= 4 is 0 Å². The standard InChI is InChI=1S/C7H7F3N4/c1-2-14-6(7(8,9)10)5(3-4-11)12-13-14/h2-3H2,1H3. The molecule has 0 fully saturated rings. The van der Waals surface area contributed by atoms with Gasteiger partial charge >= 0.3 is 6.18 Å². The summed E-state index contributed by atoms with van der Waals surface area (Å²) in [5.74, 6) is 0. The van der Waals surface area contributed by atoms with Crippen molar-refractivity contribution in [3.63, 3.8) is 0 Å². The molecular formula is C7H7F3N4. The highest BCUT2D eigenvalue weighted by molar-refractivity contribution is 5.17. The maximum Gasteiger partial charge on any atom is 0.434 e. The van der Waals surface area contributed by atoms with E-state index in [9.17, 15) is 13.2 Å². The van der Waals surface area contributed by atoms with Gasteiger partial charge in [-0.3, -0.25) is 0 Å². The average molecular weight is 204 g/mol. The van der Waals surface area contributed by atoms with E-state index in [-0.39, 0.29) is 18.7 Å². The summed E-state index contributed by atoms with van der Waals surface area (Å²) in [5.41, 5.74) is -1.25. The molecule has 0 N–H and O–H groups in total. The van der Waals surface area contributed by atoms with Gasteiger partial charge in [-0.2, -0.15) is 18.4 Å². The van der Waals surface area contributed by atoms with Crippen molar-refractivity contribution < 1.29 is 13.2 Å². The SMILES string of the molecule is CCn1nnc(CC#N)c1C(F)(F)F. The van der Waals surface area contributed by atoms with Crippen LogP contribution in [-0.2, 0) is 19.1 Å². The molecule has 0 aliphatic carbocycles. The molecule has 0 amide bonds. The summed E-state index contributed by atoms with van der Waals surface area (Å²) < 4.78 is 38.1. The Bertz CT molecular complexity index is 360. The molecule has 0 aliphatic heterocycles. The van der Waals surface area contributed by atoms with Crippen molar-refractivity contribution in [1.82, 2.24) is 15.0 Å². The molecular weight excluding hydrogens is 197 g/mol. The molecule has 76 valence electrons. The lowest BCUT2D eigenvalue weighted by molar-refractivity contribution is -0.144. The number of aromatic nitrogens is 3. The van der Waals surface area contributed by atoms with Gasteiger partial charge in [-0.05, 0) is 6.92 Å². The molecule has 0 spiro atoms. The fraction of sp³-hybridized carbons (Fsp3) is 0.571. The molecule has 0 radical (unpaired) electrons. The van der Waals surface area contributed by atoms with Crippen LogP contribution in [0, 0.1) is 11.3 Å². The number of halogens is 3.